The molecule has 0 bridgehead atoms. The average molecular weight is 269 g/mol. The fraction of sp³-hybridized carbons (Fsp3) is 0.125. The van der Waals surface area contributed by atoms with Gasteiger partial charge in [-0.3, -0.25) is 14.9 Å². The summed E-state index contributed by atoms with van der Waals surface area (Å²) in [7, 11) is 0. The molecule has 0 saturated heterocycles. The number of rotatable bonds is 4. The van der Waals surface area contributed by atoms with Crippen LogP contribution in [0.15, 0.2) is 54.6 Å². The molecule has 2 rings (SSSR count). The van der Waals surface area contributed by atoms with Crippen molar-refractivity contribution in [3.05, 3.63) is 65.7 Å². The van der Waals surface area contributed by atoms with Gasteiger partial charge < -0.3 is 5.11 Å². The predicted molar refractivity (Wildman–Crippen MR) is 75.1 cm³/mol. The Balaban J connectivity index is 1.85. The second-order valence-corrected chi connectivity index (χ2v) is 4.48. The molecule has 0 saturated carbocycles. The van der Waals surface area contributed by atoms with Gasteiger partial charge in [-0.2, -0.15) is 0 Å². The molecule has 0 aromatic heterocycles. The quantitative estimate of drug-likeness (QED) is 0.889. The first-order valence-electron chi connectivity index (χ1n) is 6.28. The summed E-state index contributed by atoms with van der Waals surface area (Å²) < 4.78 is 0. The number of phenols is 1. The zero-order valence-electron chi connectivity index (χ0n) is 10.9. The minimum atomic E-state index is -0.350. The van der Waals surface area contributed by atoms with Crippen molar-refractivity contribution in [3.63, 3.8) is 0 Å². The van der Waals surface area contributed by atoms with Gasteiger partial charge in [0.1, 0.15) is 5.75 Å². The second kappa shape index (κ2) is 6.52. The van der Waals surface area contributed by atoms with Crippen LogP contribution in [0.3, 0.4) is 0 Å². The molecule has 4 heteroatoms. The number of carbonyl (C=O) groups is 2. The number of phenolic OH excluding ortho intramolecular Hbond substituents is 1. The zero-order valence-corrected chi connectivity index (χ0v) is 10.9. The van der Waals surface area contributed by atoms with Gasteiger partial charge in [-0.15, -0.1) is 0 Å². The molecule has 0 fully saturated rings. The minimum Gasteiger partial charge on any atom is -0.508 e. The van der Waals surface area contributed by atoms with Gasteiger partial charge in [-0.25, -0.2) is 0 Å². The van der Waals surface area contributed by atoms with E-state index in [1.807, 2.05) is 30.3 Å². The van der Waals surface area contributed by atoms with Crippen LogP contribution in [0.5, 0.6) is 5.75 Å². The standard InChI is InChI=1S/C16H15NO3/c18-14-8-6-13(7-9-14)11-16(20)17-15(19)10-12-4-2-1-3-5-12/h1-9,18H,10-11H2,(H,17,19,20). The number of imide groups is 1. The maximum atomic E-state index is 11.7. The van der Waals surface area contributed by atoms with E-state index in [2.05, 4.69) is 5.32 Å². The predicted octanol–water partition coefficient (Wildman–Crippen LogP) is 1.82. The van der Waals surface area contributed by atoms with Crippen LogP contribution >= 0.6 is 0 Å². The molecule has 0 radical (unpaired) electrons. The van der Waals surface area contributed by atoms with Crippen molar-refractivity contribution in [2.24, 2.45) is 0 Å². The molecule has 2 amide bonds. The highest BCUT2D eigenvalue weighted by Gasteiger charge is 2.09. The Kier molecular flexibility index (Phi) is 4.50. The lowest BCUT2D eigenvalue weighted by Gasteiger charge is -2.04. The highest BCUT2D eigenvalue weighted by Crippen LogP contribution is 2.09. The molecule has 0 heterocycles. The molecule has 0 spiro atoms. The summed E-state index contributed by atoms with van der Waals surface area (Å²) in [4.78, 5) is 23.4. The Morgan fingerprint density at radius 1 is 0.800 bits per heavy atom. The van der Waals surface area contributed by atoms with Crippen molar-refractivity contribution in [1.82, 2.24) is 5.32 Å². The monoisotopic (exact) mass is 269 g/mol. The fourth-order valence-electron chi connectivity index (χ4n) is 1.82. The summed E-state index contributed by atoms with van der Waals surface area (Å²) in [5, 5.41) is 11.5. The largest absolute Gasteiger partial charge is 0.508 e. The lowest BCUT2D eigenvalue weighted by Crippen LogP contribution is -2.32. The van der Waals surface area contributed by atoms with Gasteiger partial charge in [0.25, 0.3) is 0 Å². The summed E-state index contributed by atoms with van der Waals surface area (Å²) in [6.45, 7) is 0. The normalized spacial score (nSPS) is 10.0. The van der Waals surface area contributed by atoms with Crippen molar-refractivity contribution in [1.29, 1.82) is 0 Å². The van der Waals surface area contributed by atoms with Gasteiger partial charge in [-0.1, -0.05) is 42.5 Å². The summed E-state index contributed by atoms with van der Waals surface area (Å²) in [5.41, 5.74) is 1.61. The number of amides is 2. The van der Waals surface area contributed by atoms with E-state index >= 15 is 0 Å². The van der Waals surface area contributed by atoms with Crippen LogP contribution in [0.4, 0.5) is 0 Å². The number of aromatic hydroxyl groups is 1. The average Bonchev–Trinajstić information content (AvgIpc) is 2.42. The van der Waals surface area contributed by atoms with Gasteiger partial charge in [0.05, 0.1) is 12.8 Å². The summed E-state index contributed by atoms with van der Waals surface area (Å²) >= 11 is 0. The minimum absolute atomic E-state index is 0.112. The molecule has 0 atom stereocenters. The molecule has 4 nitrogen and oxygen atoms in total. The van der Waals surface area contributed by atoms with E-state index in [1.165, 1.54) is 12.1 Å². The molecular formula is C16H15NO3. The van der Waals surface area contributed by atoms with Crippen LogP contribution < -0.4 is 5.32 Å². The molecule has 0 unspecified atom stereocenters. The Hall–Kier alpha value is -2.62. The number of hydrogen-bond donors (Lipinski definition) is 2. The Bertz CT molecular complexity index is 591. The second-order valence-electron chi connectivity index (χ2n) is 4.48. The van der Waals surface area contributed by atoms with Crippen molar-refractivity contribution in [2.75, 3.05) is 0 Å². The first kappa shape index (κ1) is 13.8. The van der Waals surface area contributed by atoms with E-state index in [0.29, 0.717) is 0 Å². The lowest BCUT2D eigenvalue weighted by atomic mass is 10.1. The molecule has 2 aromatic carbocycles. The SMILES string of the molecule is O=C(Cc1ccccc1)NC(=O)Cc1ccc(O)cc1. The lowest BCUT2D eigenvalue weighted by molar-refractivity contribution is -0.129. The third kappa shape index (κ3) is 4.24. The number of carbonyl (C=O) groups excluding carboxylic acids is 2. The van der Waals surface area contributed by atoms with Crippen molar-refractivity contribution < 1.29 is 14.7 Å². The summed E-state index contributed by atoms with van der Waals surface area (Å²) in [6, 6.07) is 15.6. The smallest absolute Gasteiger partial charge is 0.230 e. The summed E-state index contributed by atoms with van der Waals surface area (Å²) in [6.07, 6.45) is 0.295. The van der Waals surface area contributed by atoms with Gasteiger partial charge in [-0.05, 0) is 23.3 Å². The molecule has 102 valence electrons. The zero-order chi connectivity index (χ0) is 14.4. The topological polar surface area (TPSA) is 66.4 Å². The van der Waals surface area contributed by atoms with Crippen LogP contribution in [0, 0.1) is 0 Å². The van der Waals surface area contributed by atoms with Crippen molar-refractivity contribution in [2.45, 2.75) is 12.8 Å². The first-order valence-corrected chi connectivity index (χ1v) is 6.28. The molecule has 2 aromatic rings. The Morgan fingerprint density at radius 2 is 1.30 bits per heavy atom. The third-order valence-corrected chi connectivity index (χ3v) is 2.79. The van der Waals surface area contributed by atoms with E-state index in [4.69, 9.17) is 5.11 Å². The van der Waals surface area contributed by atoms with E-state index in [0.717, 1.165) is 11.1 Å². The molecular weight excluding hydrogens is 254 g/mol. The van der Waals surface area contributed by atoms with Crippen molar-refractivity contribution >= 4 is 11.8 Å². The van der Waals surface area contributed by atoms with Crippen LogP contribution in [0.2, 0.25) is 0 Å². The van der Waals surface area contributed by atoms with E-state index < -0.39 is 0 Å². The van der Waals surface area contributed by atoms with Gasteiger partial charge >= 0.3 is 0 Å². The van der Waals surface area contributed by atoms with Crippen LogP contribution in [-0.2, 0) is 22.4 Å². The van der Waals surface area contributed by atoms with Crippen LogP contribution in [-0.4, -0.2) is 16.9 Å². The molecule has 2 N–H and O–H groups in total. The number of benzene rings is 2. The Morgan fingerprint density at radius 3 is 1.85 bits per heavy atom. The number of hydrogen-bond acceptors (Lipinski definition) is 3. The first-order chi connectivity index (χ1) is 9.63. The molecule has 0 aliphatic carbocycles. The molecule has 0 aliphatic heterocycles. The van der Waals surface area contributed by atoms with Gasteiger partial charge in [0.2, 0.25) is 11.8 Å². The highest BCUT2D eigenvalue weighted by atomic mass is 16.3. The number of nitrogens with one attached hydrogen (secondary N) is 1. The van der Waals surface area contributed by atoms with Gasteiger partial charge in [0, 0.05) is 0 Å². The molecule has 0 aliphatic rings. The summed E-state index contributed by atoms with van der Waals surface area (Å²) in [5.74, 6) is -0.522. The fourth-order valence-corrected chi connectivity index (χ4v) is 1.82. The van der Waals surface area contributed by atoms with E-state index in [9.17, 15) is 9.59 Å². The maximum Gasteiger partial charge on any atom is 0.230 e. The third-order valence-electron chi connectivity index (χ3n) is 2.79. The van der Waals surface area contributed by atoms with E-state index in [-0.39, 0.29) is 30.4 Å². The van der Waals surface area contributed by atoms with Crippen LogP contribution in [0.1, 0.15) is 11.1 Å². The van der Waals surface area contributed by atoms with E-state index in [1.54, 1.807) is 12.1 Å². The Labute approximate surface area is 117 Å². The highest BCUT2D eigenvalue weighted by molar-refractivity contribution is 5.96. The molecule has 20 heavy (non-hydrogen) atoms. The van der Waals surface area contributed by atoms with Gasteiger partial charge in [0.15, 0.2) is 0 Å². The van der Waals surface area contributed by atoms with Crippen LogP contribution in [0.25, 0.3) is 0 Å². The van der Waals surface area contributed by atoms with Crippen molar-refractivity contribution in [3.8, 4) is 5.75 Å². The maximum absolute atomic E-state index is 11.7.